The summed E-state index contributed by atoms with van der Waals surface area (Å²) in [5.41, 5.74) is -0.814. The minimum absolute atomic E-state index is 0.0472. The smallest absolute Gasteiger partial charge is 0.311 e. The largest absolute Gasteiger partial charge is 0.481 e. The van der Waals surface area contributed by atoms with Gasteiger partial charge in [0.2, 0.25) is 5.91 Å². The van der Waals surface area contributed by atoms with Crippen molar-refractivity contribution in [1.82, 2.24) is 5.32 Å². The van der Waals surface area contributed by atoms with E-state index < -0.39 is 11.4 Å². The molecule has 2 rings (SSSR count). The number of hydrogen-bond donors (Lipinski definition) is 2. The zero-order valence-corrected chi connectivity index (χ0v) is 10.8. The number of amides is 1. The zero-order chi connectivity index (χ0) is 13.2. The number of carboxylic acid groups (broad SMARTS) is 1. The van der Waals surface area contributed by atoms with Crippen LogP contribution < -0.4 is 5.32 Å². The molecule has 2 aliphatic rings. The lowest BCUT2D eigenvalue weighted by molar-refractivity contribution is -0.149. The Morgan fingerprint density at radius 1 is 1.33 bits per heavy atom. The summed E-state index contributed by atoms with van der Waals surface area (Å²) in [6.45, 7) is 2.91. The van der Waals surface area contributed by atoms with Gasteiger partial charge < -0.3 is 15.2 Å². The molecule has 0 bridgehead atoms. The highest BCUT2D eigenvalue weighted by Gasteiger charge is 2.46. The van der Waals surface area contributed by atoms with Gasteiger partial charge in [0.1, 0.15) is 0 Å². The van der Waals surface area contributed by atoms with Crippen LogP contribution in [0.15, 0.2) is 0 Å². The van der Waals surface area contributed by atoms with Crippen LogP contribution in [0.1, 0.15) is 39.0 Å². The van der Waals surface area contributed by atoms with E-state index in [1.807, 2.05) is 0 Å². The molecule has 2 fully saturated rings. The Kier molecular flexibility index (Phi) is 3.90. The van der Waals surface area contributed by atoms with Gasteiger partial charge in [-0.25, -0.2) is 0 Å². The molecule has 102 valence electrons. The fraction of sp³-hybridized carbons (Fsp3) is 0.846. The van der Waals surface area contributed by atoms with Crippen molar-refractivity contribution in [3.05, 3.63) is 0 Å². The maximum Gasteiger partial charge on any atom is 0.311 e. The summed E-state index contributed by atoms with van der Waals surface area (Å²) in [6, 6.07) is -0.246. The van der Waals surface area contributed by atoms with Crippen LogP contribution in [0.25, 0.3) is 0 Å². The standard InChI is InChI=1S/C13H21NO4/c1-13(12(16)17)6-2-5-10(13)14-11(15)9-4-3-7-18-8-9/h9-10H,2-8H2,1H3,(H,14,15)(H,16,17). The van der Waals surface area contributed by atoms with Crippen molar-refractivity contribution in [3.8, 4) is 0 Å². The van der Waals surface area contributed by atoms with E-state index in [0.29, 0.717) is 13.0 Å². The van der Waals surface area contributed by atoms with Crippen LogP contribution in [0, 0.1) is 11.3 Å². The summed E-state index contributed by atoms with van der Waals surface area (Å²) in [5.74, 6) is -0.975. The van der Waals surface area contributed by atoms with E-state index in [9.17, 15) is 14.7 Å². The van der Waals surface area contributed by atoms with Crippen molar-refractivity contribution >= 4 is 11.9 Å². The molecule has 0 radical (unpaired) electrons. The second-order valence-electron chi connectivity index (χ2n) is 5.59. The van der Waals surface area contributed by atoms with Crippen LogP contribution in [0.3, 0.4) is 0 Å². The lowest BCUT2D eigenvalue weighted by atomic mass is 9.84. The van der Waals surface area contributed by atoms with Crippen LogP contribution in [-0.2, 0) is 14.3 Å². The third-order valence-corrected chi connectivity index (χ3v) is 4.29. The zero-order valence-electron chi connectivity index (χ0n) is 10.8. The molecule has 1 heterocycles. The van der Waals surface area contributed by atoms with Gasteiger partial charge >= 0.3 is 5.97 Å². The first-order valence-corrected chi connectivity index (χ1v) is 6.65. The molecule has 1 saturated carbocycles. The average Bonchev–Trinajstić information content (AvgIpc) is 2.73. The molecule has 18 heavy (non-hydrogen) atoms. The number of carbonyl (C=O) groups excluding carboxylic acids is 1. The summed E-state index contributed by atoms with van der Waals surface area (Å²) in [6.07, 6.45) is 3.98. The quantitative estimate of drug-likeness (QED) is 0.794. The first-order valence-electron chi connectivity index (χ1n) is 6.65. The highest BCUT2D eigenvalue weighted by Crippen LogP contribution is 2.38. The molecule has 0 spiro atoms. The van der Waals surface area contributed by atoms with Crippen LogP contribution in [-0.4, -0.2) is 36.2 Å². The predicted octanol–water partition coefficient (Wildman–Crippen LogP) is 1.17. The monoisotopic (exact) mass is 255 g/mol. The van der Waals surface area contributed by atoms with Gasteiger partial charge in [0.25, 0.3) is 0 Å². The van der Waals surface area contributed by atoms with E-state index in [2.05, 4.69) is 5.32 Å². The molecule has 5 nitrogen and oxygen atoms in total. The Morgan fingerprint density at radius 3 is 2.72 bits per heavy atom. The topological polar surface area (TPSA) is 75.6 Å². The average molecular weight is 255 g/mol. The van der Waals surface area contributed by atoms with Gasteiger partial charge in [0.05, 0.1) is 17.9 Å². The van der Waals surface area contributed by atoms with Crippen LogP contribution in [0.5, 0.6) is 0 Å². The molecular formula is C13H21NO4. The minimum atomic E-state index is -0.815. The third kappa shape index (κ3) is 2.51. The van der Waals surface area contributed by atoms with Gasteiger partial charge in [-0.1, -0.05) is 6.42 Å². The van der Waals surface area contributed by atoms with Crippen LogP contribution in [0.4, 0.5) is 0 Å². The summed E-state index contributed by atoms with van der Waals surface area (Å²) < 4.78 is 5.29. The van der Waals surface area contributed by atoms with Gasteiger partial charge in [0.15, 0.2) is 0 Å². The maximum atomic E-state index is 12.1. The van der Waals surface area contributed by atoms with Crippen molar-refractivity contribution in [2.75, 3.05) is 13.2 Å². The fourth-order valence-corrected chi connectivity index (χ4v) is 2.89. The number of nitrogens with one attached hydrogen (secondary N) is 1. The third-order valence-electron chi connectivity index (χ3n) is 4.29. The second kappa shape index (κ2) is 5.26. The molecular weight excluding hydrogens is 234 g/mol. The number of hydrogen-bond acceptors (Lipinski definition) is 3. The molecule has 3 unspecified atom stereocenters. The van der Waals surface area contributed by atoms with E-state index in [-0.39, 0.29) is 17.9 Å². The number of aliphatic carboxylic acids is 1. The molecule has 1 aliphatic heterocycles. The van der Waals surface area contributed by atoms with Crippen LogP contribution >= 0.6 is 0 Å². The predicted molar refractivity (Wildman–Crippen MR) is 65.1 cm³/mol. The van der Waals surface area contributed by atoms with E-state index in [0.717, 1.165) is 32.3 Å². The molecule has 0 aromatic rings. The highest BCUT2D eigenvalue weighted by atomic mass is 16.5. The Balaban J connectivity index is 1.95. The van der Waals surface area contributed by atoms with E-state index in [1.54, 1.807) is 6.92 Å². The molecule has 1 amide bonds. The molecule has 3 atom stereocenters. The van der Waals surface area contributed by atoms with Gasteiger partial charge in [-0.15, -0.1) is 0 Å². The Bertz CT molecular complexity index is 338. The molecule has 1 aliphatic carbocycles. The summed E-state index contributed by atoms with van der Waals surface area (Å²) in [5, 5.41) is 12.2. The van der Waals surface area contributed by atoms with Crippen molar-refractivity contribution in [2.24, 2.45) is 11.3 Å². The number of carbonyl (C=O) groups is 2. The second-order valence-corrected chi connectivity index (χ2v) is 5.59. The summed E-state index contributed by atoms with van der Waals surface area (Å²) in [4.78, 5) is 23.4. The van der Waals surface area contributed by atoms with Gasteiger partial charge in [-0.2, -0.15) is 0 Å². The van der Waals surface area contributed by atoms with Gasteiger partial charge in [-0.3, -0.25) is 9.59 Å². The molecule has 5 heteroatoms. The first kappa shape index (κ1) is 13.3. The molecule has 1 saturated heterocycles. The van der Waals surface area contributed by atoms with E-state index >= 15 is 0 Å². The van der Waals surface area contributed by atoms with Crippen molar-refractivity contribution < 1.29 is 19.4 Å². The van der Waals surface area contributed by atoms with Gasteiger partial charge in [0, 0.05) is 12.6 Å². The SMILES string of the molecule is CC1(C(=O)O)CCCC1NC(=O)C1CCCOC1. The van der Waals surface area contributed by atoms with E-state index in [1.165, 1.54) is 0 Å². The van der Waals surface area contributed by atoms with Crippen LogP contribution in [0.2, 0.25) is 0 Å². The summed E-state index contributed by atoms with van der Waals surface area (Å²) >= 11 is 0. The maximum absolute atomic E-state index is 12.1. The van der Waals surface area contributed by atoms with E-state index in [4.69, 9.17) is 4.74 Å². The van der Waals surface area contributed by atoms with Gasteiger partial charge in [-0.05, 0) is 32.6 Å². The Morgan fingerprint density at radius 2 is 2.11 bits per heavy atom. The minimum Gasteiger partial charge on any atom is -0.481 e. The van der Waals surface area contributed by atoms with Crippen molar-refractivity contribution in [3.63, 3.8) is 0 Å². The summed E-state index contributed by atoms with van der Waals surface area (Å²) in [7, 11) is 0. The highest BCUT2D eigenvalue weighted by molar-refractivity contribution is 5.81. The number of rotatable bonds is 3. The van der Waals surface area contributed by atoms with Crippen molar-refractivity contribution in [1.29, 1.82) is 0 Å². The Hall–Kier alpha value is -1.10. The molecule has 0 aromatic carbocycles. The lowest BCUT2D eigenvalue weighted by Crippen LogP contribution is -2.49. The Labute approximate surface area is 107 Å². The molecule has 2 N–H and O–H groups in total. The fourth-order valence-electron chi connectivity index (χ4n) is 2.89. The lowest BCUT2D eigenvalue weighted by Gasteiger charge is -2.30. The van der Waals surface area contributed by atoms with Crippen molar-refractivity contribution in [2.45, 2.75) is 45.1 Å². The normalized spacial score (nSPS) is 36.3. The number of carboxylic acids is 1. The number of ether oxygens (including phenoxy) is 1. The molecule has 0 aromatic heterocycles. The first-order chi connectivity index (χ1) is 8.54.